The molecule has 0 aliphatic heterocycles. The number of benzene rings is 1. The Labute approximate surface area is 147 Å². The molecule has 6 nitrogen and oxygen atoms in total. The number of aromatic amines is 1. The first kappa shape index (κ1) is 17.2. The van der Waals surface area contributed by atoms with Gasteiger partial charge in [0.2, 0.25) is 5.91 Å². The van der Waals surface area contributed by atoms with Crippen LogP contribution in [-0.4, -0.2) is 28.0 Å². The summed E-state index contributed by atoms with van der Waals surface area (Å²) in [6.07, 6.45) is 5.67. The Bertz CT molecular complexity index is 777. The minimum absolute atomic E-state index is 0.0235. The topological polar surface area (TPSA) is 86.9 Å². The summed E-state index contributed by atoms with van der Waals surface area (Å²) in [5.41, 5.74) is 2.12. The molecule has 0 saturated heterocycles. The third-order valence-corrected chi connectivity index (χ3v) is 4.73. The third-order valence-electron chi connectivity index (χ3n) is 4.73. The van der Waals surface area contributed by atoms with Gasteiger partial charge < -0.3 is 15.6 Å². The number of carbonyl (C=O) groups is 1. The molecule has 1 aliphatic carbocycles. The fraction of sp³-hybridized carbons (Fsp3) is 0.421. The van der Waals surface area contributed by atoms with E-state index in [4.69, 9.17) is 0 Å². The Balaban J connectivity index is 1.62. The highest BCUT2D eigenvalue weighted by Crippen LogP contribution is 2.33. The van der Waals surface area contributed by atoms with Crippen LogP contribution in [0.15, 0.2) is 41.5 Å². The molecule has 1 fully saturated rings. The molecule has 3 rings (SSSR count). The van der Waals surface area contributed by atoms with Crippen molar-refractivity contribution in [1.29, 1.82) is 0 Å². The van der Waals surface area contributed by atoms with Crippen molar-refractivity contribution in [3.8, 4) is 0 Å². The second-order valence-electron chi connectivity index (χ2n) is 6.69. The van der Waals surface area contributed by atoms with E-state index < -0.39 is 5.54 Å². The standard InChI is InChI=1S/C19H24N4O2/c1-14-4-6-15(7-5-14)23-19(9-2-3-10-19)18(25)20-11-8-16-12-17(24)22-13-21-16/h4-7,12-13,23H,2-3,8-11H2,1H3,(H,20,25)(H,21,22,24). The van der Waals surface area contributed by atoms with Gasteiger partial charge in [-0.2, -0.15) is 0 Å². The number of H-pyrrole nitrogens is 1. The molecule has 0 atom stereocenters. The fourth-order valence-corrected chi connectivity index (χ4v) is 3.32. The summed E-state index contributed by atoms with van der Waals surface area (Å²) in [5, 5.41) is 6.47. The summed E-state index contributed by atoms with van der Waals surface area (Å²) < 4.78 is 0. The highest BCUT2D eigenvalue weighted by Gasteiger charge is 2.40. The molecule has 1 saturated carbocycles. The Morgan fingerprint density at radius 2 is 1.96 bits per heavy atom. The molecule has 0 bridgehead atoms. The van der Waals surface area contributed by atoms with Gasteiger partial charge in [-0.1, -0.05) is 30.5 Å². The number of hydrogen-bond acceptors (Lipinski definition) is 4. The van der Waals surface area contributed by atoms with Gasteiger partial charge >= 0.3 is 0 Å². The van der Waals surface area contributed by atoms with Crippen molar-refractivity contribution >= 4 is 11.6 Å². The maximum atomic E-state index is 12.8. The Morgan fingerprint density at radius 3 is 2.64 bits per heavy atom. The van der Waals surface area contributed by atoms with Crippen LogP contribution >= 0.6 is 0 Å². The first-order chi connectivity index (χ1) is 12.1. The van der Waals surface area contributed by atoms with E-state index in [2.05, 4.69) is 20.6 Å². The molecule has 25 heavy (non-hydrogen) atoms. The molecule has 1 amide bonds. The van der Waals surface area contributed by atoms with Crippen molar-refractivity contribution in [3.63, 3.8) is 0 Å². The minimum Gasteiger partial charge on any atom is -0.371 e. The van der Waals surface area contributed by atoms with Crippen molar-refractivity contribution in [2.45, 2.75) is 44.6 Å². The number of aromatic nitrogens is 2. The summed E-state index contributed by atoms with van der Waals surface area (Å²) in [5.74, 6) is 0.0235. The monoisotopic (exact) mass is 340 g/mol. The zero-order valence-electron chi connectivity index (χ0n) is 14.5. The third kappa shape index (κ3) is 4.26. The van der Waals surface area contributed by atoms with Crippen LogP contribution < -0.4 is 16.2 Å². The molecule has 1 aliphatic rings. The molecule has 3 N–H and O–H groups in total. The number of nitrogens with one attached hydrogen (secondary N) is 3. The quantitative estimate of drug-likeness (QED) is 0.752. The van der Waals surface area contributed by atoms with Gasteiger partial charge in [0, 0.05) is 30.4 Å². The van der Waals surface area contributed by atoms with Crippen LogP contribution in [-0.2, 0) is 11.2 Å². The number of carbonyl (C=O) groups excluding carboxylic acids is 1. The second-order valence-corrected chi connectivity index (χ2v) is 6.69. The second kappa shape index (κ2) is 7.51. The van der Waals surface area contributed by atoms with Crippen LogP contribution in [0.3, 0.4) is 0 Å². The van der Waals surface area contributed by atoms with Gasteiger partial charge in [-0.3, -0.25) is 9.59 Å². The van der Waals surface area contributed by atoms with E-state index in [0.29, 0.717) is 18.7 Å². The van der Waals surface area contributed by atoms with E-state index in [9.17, 15) is 9.59 Å². The van der Waals surface area contributed by atoms with Crippen LogP contribution in [0, 0.1) is 6.92 Å². The number of amides is 1. The maximum Gasteiger partial charge on any atom is 0.250 e. The lowest BCUT2D eigenvalue weighted by molar-refractivity contribution is -0.125. The predicted octanol–water partition coefficient (Wildman–Crippen LogP) is 2.16. The zero-order chi connectivity index (χ0) is 17.7. The molecule has 1 heterocycles. The Hall–Kier alpha value is -2.63. The predicted molar refractivity (Wildman–Crippen MR) is 97.6 cm³/mol. The molecule has 1 aromatic carbocycles. The van der Waals surface area contributed by atoms with E-state index in [0.717, 1.165) is 31.4 Å². The van der Waals surface area contributed by atoms with Crippen LogP contribution in [0.1, 0.15) is 36.9 Å². The largest absolute Gasteiger partial charge is 0.371 e. The summed E-state index contributed by atoms with van der Waals surface area (Å²) in [7, 11) is 0. The SMILES string of the molecule is Cc1ccc(NC2(C(=O)NCCc3cc(=O)[nH]cn3)CCCC2)cc1. The highest BCUT2D eigenvalue weighted by atomic mass is 16.2. The van der Waals surface area contributed by atoms with Gasteiger partial charge in [0.25, 0.3) is 5.56 Å². The van der Waals surface area contributed by atoms with Gasteiger partial charge in [0.15, 0.2) is 0 Å². The number of aryl methyl sites for hydroxylation is 1. The number of hydrogen-bond donors (Lipinski definition) is 3. The lowest BCUT2D eigenvalue weighted by Gasteiger charge is -2.30. The van der Waals surface area contributed by atoms with Crippen molar-refractivity contribution in [2.24, 2.45) is 0 Å². The summed E-state index contributed by atoms with van der Waals surface area (Å²) in [4.78, 5) is 30.7. The van der Waals surface area contributed by atoms with E-state index >= 15 is 0 Å². The first-order valence-electron chi connectivity index (χ1n) is 8.74. The smallest absolute Gasteiger partial charge is 0.250 e. The van der Waals surface area contributed by atoms with E-state index in [1.165, 1.54) is 18.0 Å². The molecule has 6 heteroatoms. The van der Waals surface area contributed by atoms with Crippen LogP contribution in [0.5, 0.6) is 0 Å². The Kier molecular flexibility index (Phi) is 5.16. The van der Waals surface area contributed by atoms with Gasteiger partial charge in [0.1, 0.15) is 5.54 Å². The van der Waals surface area contributed by atoms with Crippen LogP contribution in [0.2, 0.25) is 0 Å². The molecule has 0 spiro atoms. The number of rotatable bonds is 6. The normalized spacial score (nSPS) is 15.7. The fourth-order valence-electron chi connectivity index (χ4n) is 3.32. The maximum absolute atomic E-state index is 12.8. The van der Waals surface area contributed by atoms with Crippen molar-refractivity contribution in [3.05, 3.63) is 58.3 Å². The van der Waals surface area contributed by atoms with Crippen molar-refractivity contribution in [1.82, 2.24) is 15.3 Å². The van der Waals surface area contributed by atoms with Crippen LogP contribution in [0.4, 0.5) is 5.69 Å². The molecular formula is C19H24N4O2. The minimum atomic E-state index is -0.545. The van der Waals surface area contributed by atoms with Gasteiger partial charge in [-0.05, 0) is 31.9 Å². The summed E-state index contributed by atoms with van der Waals surface area (Å²) >= 11 is 0. The molecule has 132 valence electrons. The molecule has 2 aromatic rings. The average Bonchev–Trinajstić information content (AvgIpc) is 3.07. The zero-order valence-corrected chi connectivity index (χ0v) is 14.5. The Morgan fingerprint density at radius 1 is 1.24 bits per heavy atom. The van der Waals surface area contributed by atoms with E-state index in [1.54, 1.807) is 0 Å². The van der Waals surface area contributed by atoms with Crippen molar-refractivity contribution in [2.75, 3.05) is 11.9 Å². The van der Waals surface area contributed by atoms with E-state index in [1.807, 2.05) is 31.2 Å². The summed E-state index contributed by atoms with van der Waals surface area (Å²) in [6, 6.07) is 9.58. The lowest BCUT2D eigenvalue weighted by atomic mass is 9.95. The average molecular weight is 340 g/mol. The molecule has 0 radical (unpaired) electrons. The molecule has 0 unspecified atom stereocenters. The molecular weight excluding hydrogens is 316 g/mol. The summed E-state index contributed by atoms with van der Waals surface area (Å²) in [6.45, 7) is 2.51. The first-order valence-corrected chi connectivity index (χ1v) is 8.74. The van der Waals surface area contributed by atoms with Gasteiger partial charge in [0.05, 0.1) is 6.33 Å². The van der Waals surface area contributed by atoms with Crippen LogP contribution in [0.25, 0.3) is 0 Å². The lowest BCUT2D eigenvalue weighted by Crippen LogP contribution is -2.51. The van der Waals surface area contributed by atoms with Gasteiger partial charge in [-0.25, -0.2) is 4.98 Å². The number of anilines is 1. The highest BCUT2D eigenvalue weighted by molar-refractivity contribution is 5.89. The van der Waals surface area contributed by atoms with Crippen molar-refractivity contribution < 1.29 is 4.79 Å². The van der Waals surface area contributed by atoms with Gasteiger partial charge in [-0.15, -0.1) is 0 Å². The molecule has 1 aromatic heterocycles. The van der Waals surface area contributed by atoms with E-state index in [-0.39, 0.29) is 11.5 Å². The number of nitrogens with zero attached hydrogens (tertiary/aromatic N) is 1.